The van der Waals surface area contributed by atoms with Gasteiger partial charge in [-0.3, -0.25) is 0 Å². The summed E-state index contributed by atoms with van der Waals surface area (Å²) < 4.78 is 0. The predicted octanol–water partition coefficient (Wildman–Crippen LogP) is 5.11. The maximum Gasteiger partial charge on any atom is 0.0730 e. The molecule has 0 radical (unpaired) electrons. The smallest absolute Gasteiger partial charge is 0.0730 e. The molecule has 0 unspecified atom stereocenters. The van der Waals surface area contributed by atoms with Crippen molar-refractivity contribution in [1.29, 1.82) is 0 Å². The van der Waals surface area contributed by atoms with Gasteiger partial charge in [-0.15, -0.1) is 24.8 Å². The number of rotatable bonds is 6. The molecular formula is C20H25Cl2N3. The van der Waals surface area contributed by atoms with Gasteiger partial charge in [0.15, 0.2) is 0 Å². The Kier molecular flexibility index (Phi) is 8.70. The van der Waals surface area contributed by atoms with Crippen LogP contribution >= 0.6 is 24.8 Å². The van der Waals surface area contributed by atoms with Crippen LogP contribution in [0.5, 0.6) is 0 Å². The first-order chi connectivity index (χ1) is 11.2. The lowest BCUT2D eigenvalue weighted by Gasteiger charge is -2.14. The highest BCUT2D eigenvalue weighted by atomic mass is 35.5. The third-order valence-electron chi connectivity index (χ3n) is 3.88. The molecule has 0 aliphatic rings. The molecule has 0 saturated heterocycles. The summed E-state index contributed by atoms with van der Waals surface area (Å²) in [5.74, 6) is 0. The van der Waals surface area contributed by atoms with Gasteiger partial charge in [0, 0.05) is 23.2 Å². The SMILES string of the molecule is CN(C)CCCNc1cc(-c2ccccc2)nc2ccccc12.Cl.Cl. The van der Waals surface area contributed by atoms with Crippen LogP contribution in [0.25, 0.3) is 22.2 Å². The molecule has 0 saturated carbocycles. The molecule has 1 N–H and O–H groups in total. The van der Waals surface area contributed by atoms with E-state index < -0.39 is 0 Å². The van der Waals surface area contributed by atoms with Crippen LogP contribution in [0.3, 0.4) is 0 Å². The van der Waals surface area contributed by atoms with Gasteiger partial charge in [-0.25, -0.2) is 4.98 Å². The highest BCUT2D eigenvalue weighted by molar-refractivity contribution is 5.93. The van der Waals surface area contributed by atoms with Crippen LogP contribution in [0.2, 0.25) is 0 Å². The lowest BCUT2D eigenvalue weighted by Crippen LogP contribution is -2.16. The van der Waals surface area contributed by atoms with Crippen molar-refractivity contribution in [3.63, 3.8) is 0 Å². The maximum atomic E-state index is 4.81. The molecule has 0 bridgehead atoms. The molecule has 0 fully saturated rings. The Labute approximate surface area is 162 Å². The largest absolute Gasteiger partial charge is 0.384 e. The number of benzene rings is 2. The maximum absolute atomic E-state index is 4.81. The van der Waals surface area contributed by atoms with Crippen LogP contribution in [-0.4, -0.2) is 37.1 Å². The van der Waals surface area contributed by atoms with Gasteiger partial charge < -0.3 is 10.2 Å². The van der Waals surface area contributed by atoms with E-state index in [9.17, 15) is 0 Å². The number of nitrogens with one attached hydrogen (secondary N) is 1. The van der Waals surface area contributed by atoms with E-state index in [-0.39, 0.29) is 24.8 Å². The van der Waals surface area contributed by atoms with E-state index in [0.29, 0.717) is 0 Å². The van der Waals surface area contributed by atoms with Gasteiger partial charge in [-0.1, -0.05) is 48.5 Å². The van der Waals surface area contributed by atoms with Crippen molar-refractivity contribution in [2.24, 2.45) is 0 Å². The van der Waals surface area contributed by atoms with Crippen molar-refractivity contribution in [1.82, 2.24) is 9.88 Å². The molecule has 134 valence electrons. The predicted molar refractivity (Wildman–Crippen MR) is 113 cm³/mol. The second kappa shape index (κ2) is 10.2. The first kappa shape index (κ1) is 21.2. The minimum Gasteiger partial charge on any atom is -0.384 e. The fraction of sp³-hybridized carbons (Fsp3) is 0.250. The van der Waals surface area contributed by atoms with Gasteiger partial charge in [0.05, 0.1) is 11.2 Å². The molecule has 2 aromatic carbocycles. The van der Waals surface area contributed by atoms with Crippen LogP contribution in [0.15, 0.2) is 60.7 Å². The highest BCUT2D eigenvalue weighted by Crippen LogP contribution is 2.28. The quantitative estimate of drug-likeness (QED) is 0.605. The zero-order chi connectivity index (χ0) is 16.1. The summed E-state index contributed by atoms with van der Waals surface area (Å²) in [7, 11) is 4.21. The van der Waals surface area contributed by atoms with Crippen LogP contribution in [0.4, 0.5) is 5.69 Å². The lowest BCUT2D eigenvalue weighted by atomic mass is 10.1. The summed E-state index contributed by atoms with van der Waals surface area (Å²) in [6.07, 6.45) is 1.12. The summed E-state index contributed by atoms with van der Waals surface area (Å²) in [5, 5.41) is 4.76. The monoisotopic (exact) mass is 377 g/mol. The van der Waals surface area contributed by atoms with Crippen LogP contribution < -0.4 is 5.32 Å². The average Bonchev–Trinajstić information content (AvgIpc) is 2.59. The fourth-order valence-corrected chi connectivity index (χ4v) is 2.70. The van der Waals surface area contributed by atoms with Gasteiger partial charge >= 0.3 is 0 Å². The van der Waals surface area contributed by atoms with Crippen molar-refractivity contribution >= 4 is 41.4 Å². The molecule has 1 heterocycles. The average molecular weight is 378 g/mol. The molecule has 3 rings (SSSR count). The van der Waals surface area contributed by atoms with Crippen molar-refractivity contribution < 1.29 is 0 Å². The molecule has 25 heavy (non-hydrogen) atoms. The normalized spacial score (nSPS) is 10.2. The van der Waals surface area contributed by atoms with Crippen LogP contribution in [0.1, 0.15) is 6.42 Å². The molecular weight excluding hydrogens is 353 g/mol. The number of para-hydroxylation sites is 1. The van der Waals surface area contributed by atoms with E-state index in [1.165, 1.54) is 5.39 Å². The first-order valence-electron chi connectivity index (χ1n) is 8.08. The Morgan fingerprint density at radius 1 is 0.920 bits per heavy atom. The highest BCUT2D eigenvalue weighted by Gasteiger charge is 2.07. The van der Waals surface area contributed by atoms with Crippen molar-refractivity contribution in [2.45, 2.75) is 6.42 Å². The zero-order valence-corrected chi connectivity index (χ0v) is 16.2. The molecule has 0 atom stereocenters. The second-order valence-corrected chi connectivity index (χ2v) is 6.02. The summed E-state index contributed by atoms with van der Waals surface area (Å²) in [4.78, 5) is 7.02. The van der Waals surface area contributed by atoms with Crippen LogP contribution in [-0.2, 0) is 0 Å². The van der Waals surface area contributed by atoms with Gasteiger partial charge in [0.1, 0.15) is 0 Å². The number of halogens is 2. The van der Waals surface area contributed by atoms with E-state index in [0.717, 1.165) is 42.0 Å². The molecule has 0 aliphatic carbocycles. The molecule has 3 nitrogen and oxygen atoms in total. The number of nitrogens with zero attached hydrogens (tertiary/aromatic N) is 2. The minimum atomic E-state index is 0. The molecule has 0 aliphatic heterocycles. The number of pyridine rings is 1. The minimum absolute atomic E-state index is 0. The Morgan fingerprint density at radius 3 is 2.32 bits per heavy atom. The van der Waals surface area contributed by atoms with E-state index >= 15 is 0 Å². The number of aromatic nitrogens is 1. The standard InChI is InChI=1S/C20H23N3.2ClH/c1-23(2)14-8-13-21-20-15-19(16-9-4-3-5-10-16)22-18-12-7-6-11-17(18)20;;/h3-7,9-12,15H,8,13-14H2,1-2H3,(H,21,22);2*1H. The fourth-order valence-electron chi connectivity index (χ4n) is 2.70. The molecule has 3 aromatic rings. The molecule has 0 amide bonds. The summed E-state index contributed by atoms with van der Waals surface area (Å²) in [6, 6.07) is 20.8. The number of anilines is 1. The van der Waals surface area contributed by atoms with Gasteiger partial charge in [-0.2, -0.15) is 0 Å². The van der Waals surface area contributed by atoms with Crippen molar-refractivity contribution in [2.75, 3.05) is 32.5 Å². The van der Waals surface area contributed by atoms with Crippen molar-refractivity contribution in [3.8, 4) is 11.3 Å². The molecule has 1 aromatic heterocycles. The molecule has 0 spiro atoms. The second-order valence-electron chi connectivity index (χ2n) is 6.02. The van der Waals surface area contributed by atoms with Crippen LogP contribution in [0, 0.1) is 0 Å². The van der Waals surface area contributed by atoms with E-state index in [1.807, 2.05) is 12.1 Å². The summed E-state index contributed by atoms with van der Waals surface area (Å²) in [5.41, 5.74) is 4.35. The van der Waals surface area contributed by atoms with E-state index in [1.54, 1.807) is 0 Å². The van der Waals surface area contributed by atoms with E-state index in [2.05, 4.69) is 72.8 Å². The number of hydrogen-bond donors (Lipinski definition) is 1. The Morgan fingerprint density at radius 2 is 1.60 bits per heavy atom. The number of hydrogen-bond acceptors (Lipinski definition) is 3. The van der Waals surface area contributed by atoms with Gasteiger partial charge in [-0.05, 0) is 39.2 Å². The Bertz CT molecular complexity index is 776. The first-order valence-corrected chi connectivity index (χ1v) is 8.08. The Balaban J connectivity index is 0.00000156. The topological polar surface area (TPSA) is 28.2 Å². The summed E-state index contributed by atoms with van der Waals surface area (Å²) >= 11 is 0. The van der Waals surface area contributed by atoms with E-state index in [4.69, 9.17) is 4.98 Å². The molecule has 5 heteroatoms. The van der Waals surface area contributed by atoms with Gasteiger partial charge in [0.25, 0.3) is 0 Å². The number of fused-ring (bicyclic) bond motifs is 1. The van der Waals surface area contributed by atoms with Crippen molar-refractivity contribution in [3.05, 3.63) is 60.7 Å². The third-order valence-corrected chi connectivity index (χ3v) is 3.88. The third kappa shape index (κ3) is 5.60. The summed E-state index contributed by atoms with van der Waals surface area (Å²) in [6.45, 7) is 2.04. The zero-order valence-electron chi connectivity index (χ0n) is 14.6. The Hall–Kier alpha value is -1.81. The van der Waals surface area contributed by atoms with Gasteiger partial charge in [0.2, 0.25) is 0 Å². The lowest BCUT2D eigenvalue weighted by molar-refractivity contribution is 0.405.